The number of hydrogen-bond donors (Lipinski definition) is 2. The molecule has 6 nitrogen and oxygen atoms in total. The number of anilines is 1. The summed E-state index contributed by atoms with van der Waals surface area (Å²) in [4.78, 5) is 11.9. The van der Waals surface area contributed by atoms with Crippen LogP contribution < -0.4 is 15.5 Å². The first-order chi connectivity index (χ1) is 15.8. The average molecular weight is 452 g/mol. The minimum Gasteiger partial charge on any atom is -0.489 e. The first kappa shape index (κ1) is 23.3. The lowest BCUT2D eigenvalue weighted by atomic mass is 10.1. The van der Waals surface area contributed by atoms with Crippen molar-refractivity contribution in [3.63, 3.8) is 0 Å². The van der Waals surface area contributed by atoms with Crippen molar-refractivity contribution in [1.29, 1.82) is 5.26 Å². The van der Waals surface area contributed by atoms with Gasteiger partial charge in [-0.1, -0.05) is 24.3 Å². The number of nitrogens with one attached hydrogen (secondary N) is 2. The maximum absolute atomic E-state index is 12.7. The van der Waals surface area contributed by atoms with Gasteiger partial charge in [-0.05, 0) is 54.1 Å². The SMILES string of the molecule is N#Cc1ccccc1COc1ccc(/C=N\NC(=O)CNc2cccc(C(F)(F)F)c2)cc1. The number of halogens is 3. The molecule has 3 aromatic rings. The fourth-order valence-corrected chi connectivity index (χ4v) is 2.77. The maximum Gasteiger partial charge on any atom is 0.416 e. The molecule has 0 aromatic heterocycles. The summed E-state index contributed by atoms with van der Waals surface area (Å²) >= 11 is 0. The molecule has 9 heteroatoms. The van der Waals surface area contributed by atoms with E-state index in [-0.39, 0.29) is 18.8 Å². The van der Waals surface area contributed by atoms with E-state index >= 15 is 0 Å². The normalized spacial score (nSPS) is 11.1. The fraction of sp³-hybridized carbons (Fsp3) is 0.125. The molecule has 0 radical (unpaired) electrons. The molecule has 2 N–H and O–H groups in total. The number of carbonyl (C=O) groups excluding carboxylic acids is 1. The van der Waals surface area contributed by atoms with Crippen molar-refractivity contribution >= 4 is 17.8 Å². The number of nitriles is 1. The summed E-state index contributed by atoms with van der Waals surface area (Å²) < 4.78 is 43.9. The number of nitrogens with zero attached hydrogens (tertiary/aromatic N) is 2. The molecule has 1 amide bonds. The van der Waals surface area contributed by atoms with Gasteiger partial charge in [0.05, 0.1) is 30.0 Å². The van der Waals surface area contributed by atoms with Gasteiger partial charge in [0.25, 0.3) is 5.91 Å². The van der Waals surface area contributed by atoms with Crippen LogP contribution in [0.2, 0.25) is 0 Å². The summed E-state index contributed by atoms with van der Waals surface area (Å²) in [5.41, 5.74) is 3.72. The number of benzene rings is 3. The van der Waals surface area contributed by atoms with Crippen LogP contribution >= 0.6 is 0 Å². The van der Waals surface area contributed by atoms with E-state index in [4.69, 9.17) is 10.00 Å². The summed E-state index contributed by atoms with van der Waals surface area (Å²) in [6.07, 6.45) is -3.02. The highest BCUT2D eigenvalue weighted by Gasteiger charge is 2.30. The Bertz CT molecular complexity index is 1170. The largest absolute Gasteiger partial charge is 0.489 e. The Morgan fingerprint density at radius 1 is 1.06 bits per heavy atom. The zero-order chi connectivity index (χ0) is 23.7. The third-order valence-electron chi connectivity index (χ3n) is 4.46. The van der Waals surface area contributed by atoms with Gasteiger partial charge in [-0.15, -0.1) is 0 Å². The van der Waals surface area contributed by atoms with Crippen LogP contribution in [-0.2, 0) is 17.6 Å². The van der Waals surface area contributed by atoms with Crippen LogP contribution in [0.25, 0.3) is 0 Å². The summed E-state index contributed by atoms with van der Waals surface area (Å²) in [6, 6.07) is 20.8. The topological polar surface area (TPSA) is 86.5 Å². The van der Waals surface area contributed by atoms with Gasteiger partial charge in [0.15, 0.2) is 0 Å². The Morgan fingerprint density at radius 2 is 1.82 bits per heavy atom. The molecule has 33 heavy (non-hydrogen) atoms. The number of carbonyl (C=O) groups is 1. The second-order valence-corrected chi connectivity index (χ2v) is 6.85. The van der Waals surface area contributed by atoms with Gasteiger partial charge >= 0.3 is 6.18 Å². The molecule has 0 aliphatic rings. The first-order valence-corrected chi connectivity index (χ1v) is 9.79. The van der Waals surface area contributed by atoms with Gasteiger partial charge < -0.3 is 10.1 Å². The molecule has 3 rings (SSSR count). The van der Waals surface area contributed by atoms with Crippen LogP contribution in [-0.4, -0.2) is 18.7 Å². The van der Waals surface area contributed by atoms with Crippen LogP contribution in [0, 0.1) is 11.3 Å². The van der Waals surface area contributed by atoms with Gasteiger partial charge in [-0.3, -0.25) is 4.79 Å². The summed E-state index contributed by atoms with van der Waals surface area (Å²) in [5.74, 6) is 0.0917. The number of amides is 1. The standard InChI is InChI=1S/C24H19F3N4O2/c25-24(26,27)20-6-3-7-21(12-20)29-15-23(32)31-30-14-17-8-10-22(11-9-17)33-16-19-5-2-1-4-18(19)13-28/h1-12,14,29H,15-16H2,(H,31,32)/b30-14-. The van der Waals surface area contributed by atoms with Crippen molar-refractivity contribution in [2.45, 2.75) is 12.8 Å². The minimum absolute atomic E-state index is 0.178. The van der Waals surface area contributed by atoms with E-state index < -0.39 is 17.6 Å². The molecule has 0 unspecified atom stereocenters. The quantitative estimate of drug-likeness (QED) is 0.383. The van der Waals surface area contributed by atoms with E-state index in [1.165, 1.54) is 18.3 Å². The maximum atomic E-state index is 12.7. The second kappa shape index (κ2) is 10.8. The Morgan fingerprint density at radius 3 is 2.55 bits per heavy atom. The third kappa shape index (κ3) is 7.11. The molecule has 0 saturated carbocycles. The van der Waals surface area contributed by atoms with E-state index in [1.54, 1.807) is 36.4 Å². The van der Waals surface area contributed by atoms with Crippen LogP contribution in [0.1, 0.15) is 22.3 Å². The molecule has 3 aromatic carbocycles. The predicted molar refractivity (Wildman–Crippen MR) is 118 cm³/mol. The molecule has 0 saturated heterocycles. The molecule has 0 aliphatic heterocycles. The number of hydrogen-bond acceptors (Lipinski definition) is 5. The highest BCUT2D eigenvalue weighted by Crippen LogP contribution is 2.30. The summed E-state index contributed by atoms with van der Waals surface area (Å²) in [7, 11) is 0. The molecule has 0 fully saturated rings. The predicted octanol–water partition coefficient (Wildman–Crippen LogP) is 4.72. The van der Waals surface area contributed by atoms with Crippen LogP contribution in [0.15, 0.2) is 77.9 Å². The Kier molecular flexibility index (Phi) is 7.65. The lowest BCUT2D eigenvalue weighted by Crippen LogP contribution is -2.26. The fourth-order valence-electron chi connectivity index (χ4n) is 2.77. The molecule has 0 bridgehead atoms. The second-order valence-electron chi connectivity index (χ2n) is 6.85. The van der Waals surface area contributed by atoms with Crippen LogP contribution in [0.5, 0.6) is 5.75 Å². The van der Waals surface area contributed by atoms with Gasteiger partial charge in [0.1, 0.15) is 12.4 Å². The number of hydrazone groups is 1. The van der Waals surface area contributed by atoms with Gasteiger partial charge in [-0.2, -0.15) is 23.5 Å². The lowest BCUT2D eigenvalue weighted by Gasteiger charge is -2.10. The van der Waals surface area contributed by atoms with Crippen LogP contribution in [0.3, 0.4) is 0 Å². The van der Waals surface area contributed by atoms with E-state index in [2.05, 4.69) is 21.9 Å². The molecule has 0 spiro atoms. The zero-order valence-corrected chi connectivity index (χ0v) is 17.3. The van der Waals surface area contributed by atoms with Gasteiger partial charge in [-0.25, -0.2) is 5.43 Å². The highest BCUT2D eigenvalue weighted by molar-refractivity contribution is 5.84. The summed E-state index contributed by atoms with van der Waals surface area (Å²) in [6.45, 7) is 0.0156. The number of rotatable bonds is 8. The molecule has 0 atom stereocenters. The number of ether oxygens (including phenoxy) is 1. The van der Waals surface area contributed by atoms with Crippen molar-refractivity contribution in [2.24, 2.45) is 5.10 Å². The van der Waals surface area contributed by atoms with Crippen molar-refractivity contribution < 1.29 is 22.7 Å². The molecule has 0 heterocycles. The first-order valence-electron chi connectivity index (χ1n) is 9.79. The minimum atomic E-state index is -4.45. The Hall–Kier alpha value is -4.32. The zero-order valence-electron chi connectivity index (χ0n) is 17.3. The molecular formula is C24H19F3N4O2. The van der Waals surface area contributed by atoms with E-state index in [1.807, 2.05) is 12.1 Å². The average Bonchev–Trinajstić information content (AvgIpc) is 2.82. The van der Waals surface area contributed by atoms with Gasteiger partial charge in [0, 0.05) is 11.3 Å². The van der Waals surface area contributed by atoms with Crippen LogP contribution in [0.4, 0.5) is 18.9 Å². The van der Waals surface area contributed by atoms with Gasteiger partial charge in [0.2, 0.25) is 0 Å². The van der Waals surface area contributed by atoms with Crippen molar-refractivity contribution in [2.75, 3.05) is 11.9 Å². The van der Waals surface area contributed by atoms with Crippen molar-refractivity contribution in [3.8, 4) is 11.8 Å². The molecule has 0 aliphatic carbocycles. The Balaban J connectivity index is 1.45. The smallest absolute Gasteiger partial charge is 0.416 e. The molecule has 168 valence electrons. The number of alkyl halides is 3. The van der Waals surface area contributed by atoms with E-state index in [9.17, 15) is 18.0 Å². The van der Waals surface area contributed by atoms with E-state index in [0.29, 0.717) is 16.9 Å². The highest BCUT2D eigenvalue weighted by atomic mass is 19.4. The lowest BCUT2D eigenvalue weighted by molar-refractivity contribution is -0.137. The summed E-state index contributed by atoms with van der Waals surface area (Å²) in [5, 5.41) is 15.6. The third-order valence-corrected chi connectivity index (χ3v) is 4.46. The Labute approximate surface area is 188 Å². The monoisotopic (exact) mass is 452 g/mol. The molecular weight excluding hydrogens is 433 g/mol. The van der Waals surface area contributed by atoms with Crippen molar-refractivity contribution in [3.05, 3.63) is 95.1 Å². The van der Waals surface area contributed by atoms with E-state index in [0.717, 1.165) is 17.7 Å². The van der Waals surface area contributed by atoms with Crippen molar-refractivity contribution in [1.82, 2.24) is 5.43 Å².